The van der Waals surface area contributed by atoms with Gasteiger partial charge in [-0.2, -0.15) is 0 Å². The molecule has 0 amide bonds. The van der Waals surface area contributed by atoms with Gasteiger partial charge in [0.15, 0.2) is 0 Å². The van der Waals surface area contributed by atoms with Gasteiger partial charge in [0.25, 0.3) is 0 Å². The Morgan fingerprint density at radius 2 is 1.02 bits per heavy atom. The highest BCUT2D eigenvalue weighted by Crippen LogP contribution is 2.68. The third-order valence-electron chi connectivity index (χ3n) is 12.7. The predicted molar refractivity (Wildman–Crippen MR) is 224 cm³/mol. The second-order valence-corrected chi connectivity index (χ2v) is 16.4. The maximum atomic E-state index is 2.58. The number of fused-ring (bicyclic) bond motifs is 5. The second kappa shape index (κ2) is 11.9. The lowest BCUT2D eigenvalue weighted by Crippen LogP contribution is -2.34. The lowest BCUT2D eigenvalue weighted by atomic mass is 9.68. The molecule has 11 rings (SSSR count). The quantitative estimate of drug-likeness (QED) is 0.170. The van der Waals surface area contributed by atoms with Crippen LogP contribution in [-0.2, 0) is 18.3 Å². The standard InChI is InChI=1S/C50H40N2S/c1-33-14-8-10-22-43(33)52(39-19-6-3-7-20-39)45-24-13-16-35-31-37-27-26-36-30-34-15-12-23-44(48(34)50(36,37)49(35)45)51(38-17-4-2-5-18-38)40-28-29-42-41-21-9-11-25-46(41)53-47(42)32-40/h2-25,28-29,32,36-37H,26-27,30-31H2,1H3. The Labute approximate surface area is 315 Å². The molecule has 8 aromatic rings. The lowest BCUT2D eigenvalue weighted by molar-refractivity contribution is 0.350. The third-order valence-corrected chi connectivity index (χ3v) is 13.8. The summed E-state index contributed by atoms with van der Waals surface area (Å²) >= 11 is 1.90. The van der Waals surface area contributed by atoms with Crippen LogP contribution in [-0.4, -0.2) is 0 Å². The molecule has 0 bridgehead atoms. The van der Waals surface area contributed by atoms with Gasteiger partial charge in [-0.05, 0) is 133 Å². The molecule has 3 unspecified atom stereocenters. The number of aryl methyl sites for hydroxylation is 1. The lowest BCUT2D eigenvalue weighted by Gasteiger charge is -2.40. The van der Waals surface area contributed by atoms with E-state index in [1.165, 1.54) is 83.8 Å². The number of hydrogen-bond donors (Lipinski definition) is 0. The second-order valence-electron chi connectivity index (χ2n) is 15.3. The molecule has 256 valence electrons. The monoisotopic (exact) mass is 700 g/mol. The van der Waals surface area contributed by atoms with Gasteiger partial charge in [-0.25, -0.2) is 0 Å². The molecule has 1 fully saturated rings. The summed E-state index contributed by atoms with van der Waals surface area (Å²) in [6, 6.07) is 61.3. The van der Waals surface area contributed by atoms with Crippen molar-refractivity contribution in [3.63, 3.8) is 0 Å². The van der Waals surface area contributed by atoms with Crippen LogP contribution in [0, 0.1) is 18.8 Å². The van der Waals surface area contributed by atoms with Crippen molar-refractivity contribution in [1.29, 1.82) is 0 Å². The summed E-state index contributed by atoms with van der Waals surface area (Å²) in [6.07, 6.45) is 4.78. The average molecular weight is 701 g/mol. The van der Waals surface area contributed by atoms with Crippen LogP contribution in [0.15, 0.2) is 164 Å². The molecule has 0 aliphatic heterocycles. The molecule has 3 heteroatoms. The SMILES string of the molecule is Cc1ccccc1N(c1ccccc1)c1cccc2c1C13c4c(cccc4N(c4ccccc4)c4ccc5c(c4)sc4ccccc45)CC1CCC3C2. The van der Waals surface area contributed by atoms with E-state index in [4.69, 9.17) is 0 Å². The molecule has 0 saturated heterocycles. The zero-order valence-electron chi connectivity index (χ0n) is 29.9. The smallest absolute Gasteiger partial charge is 0.0505 e. The summed E-state index contributed by atoms with van der Waals surface area (Å²) in [5.74, 6) is 1.12. The van der Waals surface area contributed by atoms with Crippen molar-refractivity contribution < 1.29 is 0 Å². The van der Waals surface area contributed by atoms with Crippen LogP contribution in [0.5, 0.6) is 0 Å². The molecule has 0 radical (unpaired) electrons. The van der Waals surface area contributed by atoms with Gasteiger partial charge in [-0.15, -0.1) is 11.3 Å². The molecule has 53 heavy (non-hydrogen) atoms. The van der Waals surface area contributed by atoms with Crippen LogP contribution in [0.3, 0.4) is 0 Å². The fourth-order valence-electron chi connectivity index (χ4n) is 10.7. The molecule has 3 aliphatic carbocycles. The van der Waals surface area contributed by atoms with Crippen molar-refractivity contribution in [3.8, 4) is 0 Å². The summed E-state index contributed by atoms with van der Waals surface area (Å²) in [5, 5.41) is 2.68. The summed E-state index contributed by atoms with van der Waals surface area (Å²) in [6.45, 7) is 2.25. The van der Waals surface area contributed by atoms with Crippen molar-refractivity contribution in [3.05, 3.63) is 192 Å². The van der Waals surface area contributed by atoms with Crippen molar-refractivity contribution >= 4 is 65.6 Å². The fraction of sp³-hybridized carbons (Fsp3) is 0.160. The Morgan fingerprint density at radius 3 is 1.70 bits per heavy atom. The van der Waals surface area contributed by atoms with Gasteiger partial charge in [-0.3, -0.25) is 0 Å². The Balaban J connectivity index is 1.17. The van der Waals surface area contributed by atoms with Crippen molar-refractivity contribution in [2.24, 2.45) is 11.8 Å². The van der Waals surface area contributed by atoms with E-state index in [1.54, 1.807) is 11.1 Å². The average Bonchev–Trinajstić information content (AvgIpc) is 3.93. The number of nitrogens with zero attached hydrogens (tertiary/aromatic N) is 2. The first-order valence-electron chi connectivity index (χ1n) is 19.1. The maximum absolute atomic E-state index is 2.58. The van der Waals surface area contributed by atoms with Crippen LogP contribution in [0.1, 0.15) is 40.7 Å². The van der Waals surface area contributed by atoms with Crippen molar-refractivity contribution in [2.45, 2.75) is 38.0 Å². The molecule has 1 spiro atoms. The first-order chi connectivity index (χ1) is 26.2. The molecule has 1 heterocycles. The molecule has 3 aliphatic rings. The van der Waals surface area contributed by atoms with E-state index >= 15 is 0 Å². The van der Waals surface area contributed by atoms with Crippen molar-refractivity contribution in [2.75, 3.05) is 9.80 Å². The summed E-state index contributed by atoms with van der Waals surface area (Å²) < 4.78 is 2.67. The van der Waals surface area contributed by atoms with Crippen molar-refractivity contribution in [1.82, 2.24) is 0 Å². The summed E-state index contributed by atoms with van der Waals surface area (Å²) in [5.41, 5.74) is 14.9. The van der Waals surface area contributed by atoms with E-state index < -0.39 is 0 Å². The first-order valence-corrected chi connectivity index (χ1v) is 19.9. The number of rotatable bonds is 6. The fourth-order valence-corrected chi connectivity index (χ4v) is 11.8. The highest BCUT2D eigenvalue weighted by molar-refractivity contribution is 7.25. The van der Waals surface area contributed by atoms with E-state index in [2.05, 4.69) is 181 Å². The molecule has 3 atom stereocenters. The number of hydrogen-bond acceptors (Lipinski definition) is 3. The molecule has 0 N–H and O–H groups in total. The van der Waals surface area contributed by atoms with Crippen LogP contribution >= 0.6 is 11.3 Å². The highest BCUT2D eigenvalue weighted by Gasteiger charge is 2.62. The van der Waals surface area contributed by atoms with Gasteiger partial charge in [0.1, 0.15) is 0 Å². The van der Waals surface area contributed by atoms with Crippen LogP contribution in [0.4, 0.5) is 34.1 Å². The predicted octanol–water partition coefficient (Wildman–Crippen LogP) is 13.7. The molecule has 1 aromatic heterocycles. The van der Waals surface area contributed by atoms with E-state index in [0.29, 0.717) is 11.8 Å². The number of para-hydroxylation sites is 3. The van der Waals surface area contributed by atoms with Gasteiger partial charge in [-0.1, -0.05) is 103 Å². The van der Waals surface area contributed by atoms with Gasteiger partial charge >= 0.3 is 0 Å². The minimum atomic E-state index is -0.0810. The minimum absolute atomic E-state index is 0.0810. The molecule has 2 nitrogen and oxygen atoms in total. The third kappa shape index (κ3) is 4.50. The summed E-state index contributed by atoms with van der Waals surface area (Å²) in [4.78, 5) is 5.14. The number of thiophene rings is 1. The zero-order chi connectivity index (χ0) is 35.1. The van der Waals surface area contributed by atoms with E-state index in [1.807, 2.05) is 11.3 Å². The largest absolute Gasteiger partial charge is 0.310 e. The minimum Gasteiger partial charge on any atom is -0.310 e. The Morgan fingerprint density at radius 1 is 0.472 bits per heavy atom. The topological polar surface area (TPSA) is 6.48 Å². The first kappa shape index (κ1) is 30.9. The van der Waals surface area contributed by atoms with E-state index in [0.717, 1.165) is 12.8 Å². The van der Waals surface area contributed by atoms with Gasteiger partial charge < -0.3 is 9.80 Å². The highest BCUT2D eigenvalue weighted by atomic mass is 32.1. The number of benzene rings is 7. The van der Waals surface area contributed by atoms with Crippen LogP contribution in [0.25, 0.3) is 20.2 Å². The summed E-state index contributed by atoms with van der Waals surface area (Å²) in [7, 11) is 0. The Kier molecular flexibility index (Phi) is 6.97. The normalized spacial score (nSPS) is 19.6. The maximum Gasteiger partial charge on any atom is 0.0505 e. The van der Waals surface area contributed by atoms with Gasteiger partial charge in [0.2, 0.25) is 0 Å². The van der Waals surface area contributed by atoms with Crippen LogP contribution < -0.4 is 9.80 Å². The molecular formula is C50H40N2S. The number of anilines is 6. The molecule has 1 saturated carbocycles. The molecular weight excluding hydrogens is 661 g/mol. The van der Waals surface area contributed by atoms with Crippen LogP contribution in [0.2, 0.25) is 0 Å². The zero-order valence-corrected chi connectivity index (χ0v) is 30.7. The molecule has 7 aromatic carbocycles. The van der Waals surface area contributed by atoms with Gasteiger partial charge in [0.05, 0.1) is 11.4 Å². The Bertz CT molecular complexity index is 2670. The van der Waals surface area contributed by atoms with Gasteiger partial charge in [0, 0.05) is 48.3 Å². The Hall–Kier alpha value is -5.64. The van der Waals surface area contributed by atoms with E-state index in [9.17, 15) is 0 Å². The van der Waals surface area contributed by atoms with E-state index in [-0.39, 0.29) is 5.41 Å².